The summed E-state index contributed by atoms with van der Waals surface area (Å²) in [6, 6.07) is 17.8. The fraction of sp³-hybridized carbons (Fsp3) is 0.258. The maximum Gasteiger partial charge on any atom is 0.573 e. The number of nitrogens with one attached hydrogen (secondary N) is 3. The number of carboxylic acid groups (broad SMARTS) is 1. The first-order valence-electron chi connectivity index (χ1n) is 14.0. The Labute approximate surface area is 258 Å². The number of aromatic nitrogens is 2. The first-order valence-corrected chi connectivity index (χ1v) is 14.0. The van der Waals surface area contributed by atoms with E-state index in [1.54, 1.807) is 30.3 Å². The van der Waals surface area contributed by atoms with Gasteiger partial charge in [0.05, 0.1) is 11.7 Å². The van der Waals surface area contributed by atoms with E-state index in [0.29, 0.717) is 35.2 Å². The normalized spacial score (nSPS) is 14.0. The first kappa shape index (κ1) is 32.3. The van der Waals surface area contributed by atoms with Crippen LogP contribution in [-0.2, 0) is 12.7 Å². The van der Waals surface area contributed by atoms with E-state index in [9.17, 15) is 35.9 Å². The maximum absolute atomic E-state index is 13.7. The molecule has 1 fully saturated rings. The topological polar surface area (TPSA) is 118 Å². The summed E-state index contributed by atoms with van der Waals surface area (Å²) >= 11 is 0. The minimum Gasteiger partial charge on any atom is -0.465 e. The van der Waals surface area contributed by atoms with Crippen molar-refractivity contribution in [3.05, 3.63) is 107 Å². The number of carbonyl (C=O) groups excluding carboxylic acids is 1. The molecule has 0 saturated heterocycles. The molecule has 3 aromatic carbocycles. The van der Waals surface area contributed by atoms with Crippen LogP contribution in [0, 0.1) is 5.92 Å². The highest BCUT2D eigenvalue weighted by Gasteiger charge is 2.36. The van der Waals surface area contributed by atoms with Crippen molar-refractivity contribution in [3.8, 4) is 11.4 Å². The lowest BCUT2D eigenvalue weighted by molar-refractivity contribution is -0.274. The summed E-state index contributed by atoms with van der Waals surface area (Å²) in [6.45, 7) is 0.456. The van der Waals surface area contributed by atoms with Gasteiger partial charge in [-0.15, -0.1) is 13.2 Å². The standard InChI is InChI=1S/C31H27F6N5O4/c32-30(33,34)26-15-25(42(41-26)23-8-1-4-19(12-23)17-39-29(44)45)28(43)40-22-7-2-5-20(13-22)27(38-16-18-10-11-18)21-6-3-9-24(14-21)46-31(35,36)37/h1-9,12-15,18,27,38-39H,10-11,16-17H2,(H,40,43)(H,44,45). The number of rotatable bonds is 11. The molecule has 1 aliphatic carbocycles. The Bertz CT molecular complexity index is 1720. The molecular formula is C31H27F6N5O4. The number of ether oxygens (including phenoxy) is 1. The number of halogens is 6. The van der Waals surface area contributed by atoms with Gasteiger partial charge in [-0.3, -0.25) is 4.79 Å². The number of benzene rings is 3. The molecule has 1 heterocycles. The van der Waals surface area contributed by atoms with Crippen molar-refractivity contribution >= 4 is 17.7 Å². The van der Waals surface area contributed by atoms with Gasteiger partial charge in [-0.1, -0.05) is 36.4 Å². The highest BCUT2D eigenvalue weighted by Crippen LogP contribution is 2.33. The molecule has 0 radical (unpaired) electrons. The van der Waals surface area contributed by atoms with E-state index in [4.69, 9.17) is 5.11 Å². The fourth-order valence-electron chi connectivity index (χ4n) is 4.77. The average Bonchev–Trinajstić information content (AvgIpc) is 3.69. The molecule has 1 aromatic heterocycles. The second-order valence-corrected chi connectivity index (χ2v) is 10.6. The molecule has 0 spiro atoms. The van der Waals surface area contributed by atoms with E-state index in [0.717, 1.165) is 17.5 Å². The summed E-state index contributed by atoms with van der Waals surface area (Å²) in [7, 11) is 0. The van der Waals surface area contributed by atoms with Gasteiger partial charge in [0.2, 0.25) is 0 Å². The van der Waals surface area contributed by atoms with Crippen LogP contribution in [0.25, 0.3) is 5.69 Å². The van der Waals surface area contributed by atoms with Crippen LogP contribution in [0.4, 0.5) is 36.8 Å². The van der Waals surface area contributed by atoms with Crippen LogP contribution in [0.1, 0.15) is 51.8 Å². The van der Waals surface area contributed by atoms with E-state index < -0.39 is 47.7 Å². The molecule has 1 saturated carbocycles. The first-order chi connectivity index (χ1) is 21.7. The molecule has 1 aliphatic rings. The van der Waals surface area contributed by atoms with E-state index in [1.807, 2.05) is 0 Å². The zero-order chi connectivity index (χ0) is 33.1. The highest BCUT2D eigenvalue weighted by molar-refractivity contribution is 6.03. The summed E-state index contributed by atoms with van der Waals surface area (Å²) in [6.07, 6.45) is -9.01. The van der Waals surface area contributed by atoms with E-state index in [2.05, 4.69) is 25.8 Å². The fourth-order valence-corrected chi connectivity index (χ4v) is 4.77. The highest BCUT2D eigenvalue weighted by atomic mass is 19.4. The van der Waals surface area contributed by atoms with Gasteiger partial charge in [-0.25, -0.2) is 9.48 Å². The van der Waals surface area contributed by atoms with Gasteiger partial charge < -0.3 is 25.8 Å². The number of hydrogen-bond donors (Lipinski definition) is 4. The number of anilines is 1. The number of alkyl halides is 6. The molecule has 1 atom stereocenters. The molecule has 5 rings (SSSR count). The molecule has 0 bridgehead atoms. The van der Waals surface area contributed by atoms with Gasteiger partial charge >= 0.3 is 18.6 Å². The molecule has 1 unspecified atom stereocenters. The number of carbonyl (C=O) groups is 2. The van der Waals surface area contributed by atoms with Gasteiger partial charge in [0.15, 0.2) is 5.69 Å². The van der Waals surface area contributed by atoms with Crippen LogP contribution in [0.3, 0.4) is 0 Å². The summed E-state index contributed by atoms with van der Waals surface area (Å²) in [5.41, 5.74) is -0.00000336. The Hall–Kier alpha value is -5.05. The Morgan fingerprint density at radius 1 is 0.935 bits per heavy atom. The summed E-state index contributed by atoms with van der Waals surface area (Å²) in [4.78, 5) is 24.3. The van der Waals surface area contributed by atoms with Gasteiger partial charge in [0, 0.05) is 18.3 Å². The molecule has 4 N–H and O–H groups in total. The van der Waals surface area contributed by atoms with Crippen molar-refractivity contribution in [1.82, 2.24) is 20.4 Å². The quantitative estimate of drug-likeness (QED) is 0.132. The van der Waals surface area contributed by atoms with Crippen molar-refractivity contribution in [2.75, 3.05) is 11.9 Å². The van der Waals surface area contributed by atoms with Crippen molar-refractivity contribution in [2.45, 2.75) is 38.0 Å². The number of hydrogen-bond acceptors (Lipinski definition) is 5. The van der Waals surface area contributed by atoms with Crippen molar-refractivity contribution < 1.29 is 45.8 Å². The van der Waals surface area contributed by atoms with Crippen molar-refractivity contribution in [3.63, 3.8) is 0 Å². The molecule has 242 valence electrons. The molecule has 15 heteroatoms. The third-order valence-corrected chi connectivity index (χ3v) is 7.04. The second kappa shape index (κ2) is 13.1. The number of nitrogens with zero attached hydrogens (tertiary/aromatic N) is 2. The third kappa shape index (κ3) is 8.56. The Kier molecular flexibility index (Phi) is 9.23. The summed E-state index contributed by atoms with van der Waals surface area (Å²) in [5, 5.41) is 20.6. The zero-order valence-corrected chi connectivity index (χ0v) is 23.8. The number of amides is 2. The lowest BCUT2D eigenvalue weighted by Gasteiger charge is -2.22. The molecule has 4 aromatic rings. The minimum atomic E-state index is -4.88. The predicted molar refractivity (Wildman–Crippen MR) is 154 cm³/mol. The van der Waals surface area contributed by atoms with Crippen LogP contribution in [-0.4, -0.2) is 39.8 Å². The lowest BCUT2D eigenvalue weighted by atomic mass is 9.97. The van der Waals surface area contributed by atoms with Crippen LogP contribution >= 0.6 is 0 Å². The molecule has 2 amide bonds. The van der Waals surface area contributed by atoms with E-state index in [-0.39, 0.29) is 17.9 Å². The summed E-state index contributed by atoms with van der Waals surface area (Å²) in [5.74, 6) is -0.900. The van der Waals surface area contributed by atoms with Crippen LogP contribution in [0.15, 0.2) is 78.9 Å². The van der Waals surface area contributed by atoms with E-state index in [1.165, 1.54) is 42.5 Å². The largest absolute Gasteiger partial charge is 0.573 e. The maximum atomic E-state index is 13.7. The van der Waals surface area contributed by atoms with E-state index >= 15 is 0 Å². The minimum absolute atomic E-state index is 0.0874. The molecular weight excluding hydrogens is 620 g/mol. The van der Waals surface area contributed by atoms with Crippen molar-refractivity contribution in [2.24, 2.45) is 5.92 Å². The van der Waals surface area contributed by atoms with Gasteiger partial charge in [-0.05, 0) is 78.4 Å². The molecule has 46 heavy (non-hydrogen) atoms. The SMILES string of the molecule is O=C(O)NCc1cccc(-n2nc(C(F)(F)F)cc2C(=O)Nc2cccc(C(NCC3CC3)c3cccc(OC(F)(F)F)c3)c2)c1. The van der Waals surface area contributed by atoms with Crippen LogP contribution in [0.5, 0.6) is 5.75 Å². The van der Waals surface area contributed by atoms with Crippen LogP contribution in [0.2, 0.25) is 0 Å². The molecule has 0 aliphatic heterocycles. The third-order valence-electron chi connectivity index (χ3n) is 7.04. The van der Waals surface area contributed by atoms with Gasteiger partial charge in [0.25, 0.3) is 5.91 Å². The summed E-state index contributed by atoms with van der Waals surface area (Å²) < 4.78 is 84.6. The van der Waals surface area contributed by atoms with Crippen molar-refractivity contribution in [1.29, 1.82) is 0 Å². The average molecular weight is 648 g/mol. The Morgan fingerprint density at radius 2 is 1.63 bits per heavy atom. The van der Waals surface area contributed by atoms with Gasteiger partial charge in [-0.2, -0.15) is 18.3 Å². The Balaban J connectivity index is 1.44. The smallest absolute Gasteiger partial charge is 0.465 e. The predicted octanol–water partition coefficient (Wildman–Crippen LogP) is 6.90. The second-order valence-electron chi connectivity index (χ2n) is 10.6. The molecule has 9 nitrogen and oxygen atoms in total. The van der Waals surface area contributed by atoms with Gasteiger partial charge in [0.1, 0.15) is 11.4 Å². The zero-order valence-electron chi connectivity index (χ0n) is 23.8. The lowest BCUT2D eigenvalue weighted by Crippen LogP contribution is -2.25. The van der Waals surface area contributed by atoms with Crippen LogP contribution < -0.4 is 20.7 Å². The Morgan fingerprint density at radius 3 is 2.30 bits per heavy atom. The monoisotopic (exact) mass is 647 g/mol.